The van der Waals surface area contributed by atoms with Crippen molar-refractivity contribution in [1.29, 1.82) is 0 Å². The zero-order chi connectivity index (χ0) is 21.6. The fourth-order valence-corrected chi connectivity index (χ4v) is 4.25. The van der Waals surface area contributed by atoms with Crippen LogP contribution >= 0.6 is 11.3 Å². The topological polar surface area (TPSA) is 58.2 Å². The second-order valence-corrected chi connectivity index (χ2v) is 7.92. The molecule has 0 aliphatic rings. The second-order valence-electron chi connectivity index (χ2n) is 7.04. The molecule has 0 aliphatic carbocycles. The molecule has 0 radical (unpaired) electrons. The predicted molar refractivity (Wildman–Crippen MR) is 128 cm³/mol. The van der Waals surface area contributed by atoms with Gasteiger partial charge >= 0.3 is 0 Å². The Kier molecular flexibility index (Phi) is 6.24. The van der Waals surface area contributed by atoms with E-state index < -0.39 is 0 Å². The first-order chi connectivity index (χ1) is 15.2. The maximum Gasteiger partial charge on any atom is 0.259 e. The van der Waals surface area contributed by atoms with Gasteiger partial charge in [0, 0.05) is 22.2 Å². The molecule has 2 N–H and O–H groups in total. The Morgan fingerprint density at radius 1 is 0.774 bits per heavy atom. The average Bonchev–Trinajstić information content (AvgIpc) is 3.24. The molecule has 1 heterocycles. The van der Waals surface area contributed by atoms with Gasteiger partial charge in [0.15, 0.2) is 0 Å². The first kappa shape index (κ1) is 20.6. The number of hydrogen-bond acceptors (Lipinski definition) is 3. The van der Waals surface area contributed by atoms with Crippen molar-refractivity contribution >= 4 is 33.8 Å². The first-order valence-corrected chi connectivity index (χ1v) is 11.0. The van der Waals surface area contributed by atoms with Crippen LogP contribution in [0.4, 0.5) is 10.7 Å². The fourth-order valence-electron chi connectivity index (χ4n) is 3.29. The van der Waals surface area contributed by atoms with E-state index in [4.69, 9.17) is 0 Å². The number of carbonyl (C=O) groups excluding carboxylic acids is 2. The van der Waals surface area contributed by atoms with Gasteiger partial charge in [-0.15, -0.1) is 11.3 Å². The summed E-state index contributed by atoms with van der Waals surface area (Å²) in [6.45, 7) is 2.09. The smallest absolute Gasteiger partial charge is 0.259 e. The standard InChI is InChI=1S/C26H22N2O2S/c1-2-18-13-15-21(16-14-18)27-25(30)23-22(19-9-5-3-6-10-19)17-31-26(23)28-24(29)20-11-7-4-8-12-20/h3-17H,2H2,1H3,(H,27,30)(H,28,29). The summed E-state index contributed by atoms with van der Waals surface area (Å²) in [5, 5.41) is 8.33. The summed E-state index contributed by atoms with van der Waals surface area (Å²) in [7, 11) is 0. The molecule has 4 rings (SSSR count). The second kappa shape index (κ2) is 9.41. The van der Waals surface area contributed by atoms with E-state index in [1.807, 2.05) is 78.2 Å². The molecule has 4 nitrogen and oxygen atoms in total. The summed E-state index contributed by atoms with van der Waals surface area (Å²) in [5.74, 6) is -0.504. The highest BCUT2D eigenvalue weighted by atomic mass is 32.1. The SMILES string of the molecule is CCc1ccc(NC(=O)c2c(-c3ccccc3)csc2NC(=O)c2ccccc2)cc1. The molecule has 0 unspecified atom stereocenters. The van der Waals surface area contributed by atoms with Gasteiger partial charge in [-0.2, -0.15) is 0 Å². The summed E-state index contributed by atoms with van der Waals surface area (Å²) in [6.07, 6.45) is 0.937. The van der Waals surface area contributed by atoms with Crippen LogP contribution in [0.3, 0.4) is 0 Å². The van der Waals surface area contributed by atoms with E-state index in [0.29, 0.717) is 21.8 Å². The van der Waals surface area contributed by atoms with Crippen LogP contribution in [0.2, 0.25) is 0 Å². The van der Waals surface area contributed by atoms with Crippen LogP contribution in [0.1, 0.15) is 33.2 Å². The van der Waals surface area contributed by atoms with Crippen molar-refractivity contribution in [2.24, 2.45) is 0 Å². The van der Waals surface area contributed by atoms with Crippen LogP contribution < -0.4 is 10.6 Å². The number of amides is 2. The molecule has 0 spiro atoms. The van der Waals surface area contributed by atoms with Gasteiger partial charge in [0.05, 0.1) is 5.56 Å². The molecular weight excluding hydrogens is 404 g/mol. The van der Waals surface area contributed by atoms with Crippen molar-refractivity contribution in [2.75, 3.05) is 10.6 Å². The largest absolute Gasteiger partial charge is 0.322 e. The van der Waals surface area contributed by atoms with Gasteiger partial charge < -0.3 is 10.6 Å². The molecular formula is C26H22N2O2S. The van der Waals surface area contributed by atoms with E-state index in [-0.39, 0.29) is 11.8 Å². The molecule has 31 heavy (non-hydrogen) atoms. The maximum absolute atomic E-state index is 13.3. The third-order valence-corrected chi connectivity index (χ3v) is 5.88. The fraction of sp³-hybridized carbons (Fsp3) is 0.0769. The van der Waals surface area contributed by atoms with Crippen LogP contribution in [0.15, 0.2) is 90.3 Å². The van der Waals surface area contributed by atoms with Crippen molar-refractivity contribution in [2.45, 2.75) is 13.3 Å². The lowest BCUT2D eigenvalue weighted by molar-refractivity contribution is 0.102. The quantitative estimate of drug-likeness (QED) is 0.371. The number of thiophene rings is 1. The summed E-state index contributed by atoms with van der Waals surface area (Å²) in [6, 6.07) is 26.5. The van der Waals surface area contributed by atoms with Crippen molar-refractivity contribution in [3.63, 3.8) is 0 Å². The number of rotatable bonds is 6. The molecule has 3 aromatic carbocycles. The highest BCUT2D eigenvalue weighted by Crippen LogP contribution is 2.36. The number of anilines is 2. The minimum atomic E-state index is -0.257. The van der Waals surface area contributed by atoms with E-state index in [1.165, 1.54) is 16.9 Å². The third kappa shape index (κ3) is 4.73. The molecule has 0 aliphatic heterocycles. The van der Waals surface area contributed by atoms with Crippen molar-refractivity contribution < 1.29 is 9.59 Å². The van der Waals surface area contributed by atoms with Crippen LogP contribution in [0.25, 0.3) is 11.1 Å². The van der Waals surface area contributed by atoms with Crippen LogP contribution in [-0.4, -0.2) is 11.8 Å². The molecule has 0 saturated carbocycles. The summed E-state index contributed by atoms with van der Waals surface area (Å²) >= 11 is 1.35. The molecule has 0 bridgehead atoms. The Bertz CT molecular complexity index is 1180. The Hall–Kier alpha value is -3.70. The molecule has 2 amide bonds. The summed E-state index contributed by atoms with van der Waals surface area (Å²) in [4.78, 5) is 26.0. The lowest BCUT2D eigenvalue weighted by atomic mass is 10.0. The Morgan fingerprint density at radius 2 is 1.42 bits per heavy atom. The highest BCUT2D eigenvalue weighted by Gasteiger charge is 2.22. The van der Waals surface area contributed by atoms with Gasteiger partial charge in [-0.1, -0.05) is 67.6 Å². The van der Waals surface area contributed by atoms with Crippen LogP contribution in [0.5, 0.6) is 0 Å². The normalized spacial score (nSPS) is 10.5. The van der Waals surface area contributed by atoms with E-state index in [0.717, 1.165) is 17.5 Å². The van der Waals surface area contributed by atoms with Crippen molar-refractivity contribution in [3.05, 3.63) is 107 Å². The number of aryl methyl sites for hydroxylation is 1. The minimum absolute atomic E-state index is 0.247. The average molecular weight is 427 g/mol. The van der Waals surface area contributed by atoms with Gasteiger partial charge in [0.1, 0.15) is 5.00 Å². The van der Waals surface area contributed by atoms with Crippen molar-refractivity contribution in [1.82, 2.24) is 0 Å². The number of hydrogen-bond donors (Lipinski definition) is 2. The van der Waals surface area contributed by atoms with E-state index in [1.54, 1.807) is 12.1 Å². The zero-order valence-corrected chi connectivity index (χ0v) is 17.9. The number of carbonyl (C=O) groups is 2. The summed E-state index contributed by atoms with van der Waals surface area (Å²) in [5.41, 5.74) is 4.63. The molecule has 154 valence electrons. The van der Waals surface area contributed by atoms with Gasteiger partial charge in [-0.25, -0.2) is 0 Å². The molecule has 1 aromatic heterocycles. The molecule has 4 aromatic rings. The third-order valence-electron chi connectivity index (χ3n) is 4.99. The summed E-state index contributed by atoms with van der Waals surface area (Å²) < 4.78 is 0. The molecule has 0 saturated heterocycles. The molecule has 0 atom stereocenters. The predicted octanol–water partition coefficient (Wildman–Crippen LogP) is 6.48. The number of nitrogens with one attached hydrogen (secondary N) is 2. The van der Waals surface area contributed by atoms with Crippen molar-refractivity contribution in [3.8, 4) is 11.1 Å². The van der Waals surface area contributed by atoms with Gasteiger partial charge in [0.2, 0.25) is 0 Å². The van der Waals surface area contributed by atoms with E-state index >= 15 is 0 Å². The lowest BCUT2D eigenvalue weighted by Crippen LogP contribution is -2.17. The Balaban J connectivity index is 1.68. The lowest BCUT2D eigenvalue weighted by Gasteiger charge is -2.11. The minimum Gasteiger partial charge on any atom is -0.322 e. The van der Waals surface area contributed by atoms with Gasteiger partial charge in [-0.05, 0) is 41.8 Å². The molecule has 0 fully saturated rings. The first-order valence-electron chi connectivity index (χ1n) is 10.1. The van der Waals surface area contributed by atoms with E-state index in [9.17, 15) is 9.59 Å². The monoisotopic (exact) mass is 426 g/mol. The Labute approximate surface area is 185 Å². The number of benzene rings is 3. The molecule has 5 heteroatoms. The maximum atomic E-state index is 13.3. The zero-order valence-electron chi connectivity index (χ0n) is 17.1. The van der Waals surface area contributed by atoms with Gasteiger partial charge in [0.25, 0.3) is 11.8 Å². The van der Waals surface area contributed by atoms with E-state index in [2.05, 4.69) is 17.6 Å². The van der Waals surface area contributed by atoms with Crippen LogP contribution in [-0.2, 0) is 6.42 Å². The Morgan fingerprint density at radius 3 is 2.06 bits per heavy atom. The van der Waals surface area contributed by atoms with Crippen LogP contribution in [0, 0.1) is 0 Å². The highest BCUT2D eigenvalue weighted by molar-refractivity contribution is 7.15. The van der Waals surface area contributed by atoms with Gasteiger partial charge in [-0.3, -0.25) is 9.59 Å².